The molecule has 1 aromatic carbocycles. The number of aliphatic hydroxyl groups is 1. The molecule has 2 rings (SSSR count). The molecule has 4 heteroatoms. The third-order valence-corrected chi connectivity index (χ3v) is 4.24. The zero-order valence-electron chi connectivity index (χ0n) is 11.7. The average Bonchev–Trinajstić information content (AvgIpc) is 2.40. The molecule has 1 fully saturated rings. The highest BCUT2D eigenvalue weighted by Crippen LogP contribution is 2.25. The van der Waals surface area contributed by atoms with Crippen molar-refractivity contribution in [3.63, 3.8) is 0 Å². The first-order chi connectivity index (χ1) is 9.70. The Hall–Kier alpha value is -0.900. The lowest BCUT2D eigenvalue weighted by Crippen LogP contribution is -2.42. The van der Waals surface area contributed by atoms with Crippen molar-refractivity contribution in [1.82, 2.24) is 4.90 Å². The Morgan fingerprint density at radius 1 is 1.25 bits per heavy atom. The normalized spacial score (nSPS) is 15.3. The third kappa shape index (κ3) is 4.30. The van der Waals surface area contributed by atoms with Gasteiger partial charge in [0.15, 0.2) is 5.78 Å². The van der Waals surface area contributed by atoms with Gasteiger partial charge in [0.05, 0.1) is 0 Å². The van der Waals surface area contributed by atoms with Crippen LogP contribution in [-0.2, 0) is 0 Å². The van der Waals surface area contributed by atoms with Gasteiger partial charge in [0.25, 0.3) is 0 Å². The van der Waals surface area contributed by atoms with Crippen molar-refractivity contribution < 1.29 is 9.90 Å². The Bertz CT molecular complexity index is 429. The van der Waals surface area contributed by atoms with Crippen molar-refractivity contribution >= 4 is 17.4 Å². The Balaban J connectivity index is 1.84. The van der Waals surface area contributed by atoms with Gasteiger partial charge in [0.1, 0.15) is 0 Å². The summed E-state index contributed by atoms with van der Waals surface area (Å²) in [5.74, 6) is 0.162. The summed E-state index contributed by atoms with van der Waals surface area (Å²) in [5.41, 5.74) is 0.727. The van der Waals surface area contributed by atoms with Gasteiger partial charge in [-0.1, -0.05) is 18.0 Å². The maximum absolute atomic E-state index is 12.1. The predicted molar refractivity (Wildman–Crippen MR) is 81.3 cm³/mol. The molecule has 1 aliphatic carbocycles. The fourth-order valence-corrected chi connectivity index (χ4v) is 2.65. The number of benzene rings is 1. The van der Waals surface area contributed by atoms with Crippen LogP contribution >= 0.6 is 11.6 Å². The highest BCUT2D eigenvalue weighted by atomic mass is 35.5. The first kappa shape index (κ1) is 15.5. The highest BCUT2D eigenvalue weighted by molar-refractivity contribution is 6.30. The monoisotopic (exact) mass is 295 g/mol. The minimum atomic E-state index is 0.162. The van der Waals surface area contributed by atoms with Crippen LogP contribution in [0.1, 0.15) is 42.5 Å². The van der Waals surface area contributed by atoms with Crippen molar-refractivity contribution in [3.05, 3.63) is 34.9 Å². The number of carbonyl (C=O) groups is 1. The number of nitrogens with zero attached hydrogens (tertiary/aromatic N) is 1. The molecule has 1 saturated carbocycles. The van der Waals surface area contributed by atoms with Crippen LogP contribution in [-0.4, -0.2) is 41.5 Å². The number of rotatable bonds is 8. The molecule has 0 unspecified atom stereocenters. The summed E-state index contributed by atoms with van der Waals surface area (Å²) >= 11 is 5.83. The molecule has 0 aliphatic heterocycles. The van der Waals surface area contributed by atoms with E-state index >= 15 is 0 Å². The van der Waals surface area contributed by atoms with Crippen molar-refractivity contribution in [1.29, 1.82) is 0 Å². The SMILES string of the molecule is O=C(CCN(CCCO)C1CCC1)c1ccc(Cl)cc1. The van der Waals surface area contributed by atoms with Gasteiger partial charge in [-0.3, -0.25) is 9.69 Å². The molecule has 0 atom stereocenters. The largest absolute Gasteiger partial charge is 0.396 e. The van der Waals surface area contributed by atoms with Crippen LogP contribution in [0.4, 0.5) is 0 Å². The van der Waals surface area contributed by atoms with Gasteiger partial charge in [-0.15, -0.1) is 0 Å². The number of aliphatic hydroxyl groups excluding tert-OH is 1. The minimum Gasteiger partial charge on any atom is -0.396 e. The molecule has 1 aliphatic rings. The maximum Gasteiger partial charge on any atom is 0.164 e. The highest BCUT2D eigenvalue weighted by Gasteiger charge is 2.24. The van der Waals surface area contributed by atoms with Gasteiger partial charge < -0.3 is 5.11 Å². The number of hydrogen-bond donors (Lipinski definition) is 1. The Kier molecular flexibility index (Phi) is 6.02. The van der Waals surface area contributed by atoms with E-state index in [0.717, 1.165) is 25.1 Å². The van der Waals surface area contributed by atoms with Crippen molar-refractivity contribution in [2.75, 3.05) is 19.7 Å². The van der Waals surface area contributed by atoms with Crippen LogP contribution in [0.15, 0.2) is 24.3 Å². The fourth-order valence-electron chi connectivity index (χ4n) is 2.53. The number of hydrogen-bond acceptors (Lipinski definition) is 3. The molecule has 1 aromatic rings. The van der Waals surface area contributed by atoms with Crippen LogP contribution in [0, 0.1) is 0 Å². The number of Topliss-reactive ketones (excluding diaryl/α,β-unsaturated/α-hetero) is 1. The topological polar surface area (TPSA) is 40.5 Å². The van der Waals surface area contributed by atoms with Gasteiger partial charge in [0.2, 0.25) is 0 Å². The summed E-state index contributed by atoms with van der Waals surface area (Å²) in [6.45, 7) is 1.88. The summed E-state index contributed by atoms with van der Waals surface area (Å²) in [5, 5.41) is 9.62. The molecule has 0 amide bonds. The average molecular weight is 296 g/mol. The molecule has 0 radical (unpaired) electrons. The van der Waals surface area contributed by atoms with Crippen LogP contribution in [0.25, 0.3) is 0 Å². The van der Waals surface area contributed by atoms with E-state index in [0.29, 0.717) is 17.5 Å². The van der Waals surface area contributed by atoms with E-state index in [1.165, 1.54) is 19.3 Å². The quantitative estimate of drug-likeness (QED) is 0.749. The first-order valence-electron chi connectivity index (χ1n) is 7.34. The Morgan fingerprint density at radius 3 is 2.50 bits per heavy atom. The van der Waals surface area contributed by atoms with E-state index in [1.54, 1.807) is 24.3 Å². The number of halogens is 1. The standard InChI is InChI=1S/C16H22ClNO2/c17-14-7-5-13(6-8-14)16(20)9-11-18(10-2-12-19)15-3-1-4-15/h5-8,15,19H,1-4,9-12H2. The third-order valence-electron chi connectivity index (χ3n) is 3.99. The lowest BCUT2D eigenvalue weighted by molar-refractivity contribution is 0.0887. The second-order valence-electron chi connectivity index (χ2n) is 5.38. The molecular weight excluding hydrogens is 274 g/mol. The zero-order valence-corrected chi connectivity index (χ0v) is 12.5. The molecule has 20 heavy (non-hydrogen) atoms. The summed E-state index contributed by atoms with van der Waals surface area (Å²) in [4.78, 5) is 14.5. The Labute approximate surface area is 125 Å². The van der Waals surface area contributed by atoms with E-state index in [9.17, 15) is 4.79 Å². The second kappa shape index (κ2) is 7.77. The molecule has 110 valence electrons. The zero-order chi connectivity index (χ0) is 14.4. The smallest absolute Gasteiger partial charge is 0.164 e. The molecule has 0 bridgehead atoms. The van der Waals surface area contributed by atoms with Crippen molar-refractivity contribution in [3.8, 4) is 0 Å². The van der Waals surface area contributed by atoms with E-state index < -0.39 is 0 Å². The van der Waals surface area contributed by atoms with Gasteiger partial charge in [0, 0.05) is 42.7 Å². The van der Waals surface area contributed by atoms with E-state index in [2.05, 4.69) is 4.90 Å². The first-order valence-corrected chi connectivity index (χ1v) is 7.72. The van der Waals surface area contributed by atoms with E-state index in [-0.39, 0.29) is 12.4 Å². The molecule has 0 aromatic heterocycles. The second-order valence-corrected chi connectivity index (χ2v) is 5.81. The molecule has 1 N–H and O–H groups in total. The summed E-state index contributed by atoms with van der Waals surface area (Å²) in [6, 6.07) is 7.69. The fraction of sp³-hybridized carbons (Fsp3) is 0.562. The van der Waals surface area contributed by atoms with Gasteiger partial charge in [-0.2, -0.15) is 0 Å². The van der Waals surface area contributed by atoms with E-state index in [4.69, 9.17) is 16.7 Å². The van der Waals surface area contributed by atoms with Crippen molar-refractivity contribution in [2.45, 2.75) is 38.1 Å². The molecule has 0 heterocycles. The summed E-state index contributed by atoms with van der Waals surface area (Å²) < 4.78 is 0. The predicted octanol–water partition coefficient (Wildman–Crippen LogP) is 3.15. The number of carbonyl (C=O) groups excluding carboxylic acids is 1. The number of ketones is 1. The van der Waals surface area contributed by atoms with Crippen LogP contribution in [0.5, 0.6) is 0 Å². The molecular formula is C16H22ClNO2. The van der Waals surface area contributed by atoms with Crippen LogP contribution in [0.3, 0.4) is 0 Å². The lowest BCUT2D eigenvalue weighted by atomic mass is 9.91. The minimum absolute atomic E-state index is 0.162. The maximum atomic E-state index is 12.1. The molecule has 0 saturated heterocycles. The van der Waals surface area contributed by atoms with Gasteiger partial charge in [-0.25, -0.2) is 0 Å². The van der Waals surface area contributed by atoms with Crippen LogP contribution < -0.4 is 0 Å². The van der Waals surface area contributed by atoms with E-state index in [1.807, 2.05) is 0 Å². The molecule has 3 nitrogen and oxygen atoms in total. The summed E-state index contributed by atoms with van der Waals surface area (Å²) in [7, 11) is 0. The van der Waals surface area contributed by atoms with Gasteiger partial charge in [-0.05, 0) is 43.5 Å². The van der Waals surface area contributed by atoms with Crippen LogP contribution in [0.2, 0.25) is 5.02 Å². The molecule has 0 spiro atoms. The lowest BCUT2D eigenvalue weighted by Gasteiger charge is -2.37. The summed E-state index contributed by atoms with van der Waals surface area (Å²) in [6.07, 6.45) is 5.04. The van der Waals surface area contributed by atoms with Crippen molar-refractivity contribution in [2.24, 2.45) is 0 Å². The van der Waals surface area contributed by atoms with Gasteiger partial charge >= 0.3 is 0 Å². The Morgan fingerprint density at radius 2 is 1.95 bits per heavy atom.